The summed E-state index contributed by atoms with van der Waals surface area (Å²) >= 11 is 6.16. The molecule has 0 saturated carbocycles. The van der Waals surface area contributed by atoms with E-state index in [-0.39, 0.29) is 10.9 Å². The third-order valence-corrected chi connectivity index (χ3v) is 7.51. The van der Waals surface area contributed by atoms with Gasteiger partial charge in [-0.2, -0.15) is 5.10 Å². The molecule has 170 valence electrons. The molecule has 2 aromatic carbocycles. The van der Waals surface area contributed by atoms with Gasteiger partial charge in [0.1, 0.15) is 11.6 Å². The maximum absolute atomic E-state index is 12.7. The molecule has 0 spiro atoms. The minimum atomic E-state index is -3.53. The first-order valence-electron chi connectivity index (χ1n) is 10.7. The monoisotopic (exact) mass is 482 g/mol. The predicted octanol–water partition coefficient (Wildman–Crippen LogP) is 3.72. The van der Waals surface area contributed by atoms with Gasteiger partial charge in [0.15, 0.2) is 5.65 Å². The van der Waals surface area contributed by atoms with Crippen LogP contribution in [0.15, 0.2) is 65.7 Å². The van der Waals surface area contributed by atoms with E-state index in [1.165, 1.54) is 0 Å². The van der Waals surface area contributed by atoms with E-state index in [9.17, 15) is 8.42 Å². The zero-order valence-electron chi connectivity index (χ0n) is 18.0. The highest BCUT2D eigenvalue weighted by molar-refractivity contribution is 7.89. The number of sulfonamides is 1. The van der Waals surface area contributed by atoms with Crippen LogP contribution in [0.3, 0.4) is 0 Å². The molecule has 1 aliphatic rings. The van der Waals surface area contributed by atoms with Gasteiger partial charge in [-0.15, -0.1) is 0 Å². The lowest BCUT2D eigenvalue weighted by Gasteiger charge is -2.33. The zero-order valence-corrected chi connectivity index (χ0v) is 19.6. The molecule has 1 fully saturated rings. The van der Waals surface area contributed by atoms with Crippen LogP contribution in [0.25, 0.3) is 16.7 Å². The van der Waals surface area contributed by atoms with Crippen LogP contribution in [0.5, 0.6) is 0 Å². The molecule has 33 heavy (non-hydrogen) atoms. The molecule has 3 heterocycles. The van der Waals surface area contributed by atoms with Gasteiger partial charge in [-0.3, -0.25) is 0 Å². The highest BCUT2D eigenvalue weighted by Crippen LogP contribution is 2.28. The van der Waals surface area contributed by atoms with E-state index in [2.05, 4.69) is 19.7 Å². The minimum absolute atomic E-state index is 0.126. The van der Waals surface area contributed by atoms with Gasteiger partial charge in [0.2, 0.25) is 10.0 Å². The number of hydrogen-bond donors (Lipinski definition) is 1. The van der Waals surface area contributed by atoms with Crippen molar-refractivity contribution >= 4 is 38.5 Å². The van der Waals surface area contributed by atoms with Crippen molar-refractivity contribution in [3.05, 3.63) is 71.6 Å². The SMILES string of the molecule is Cc1nc(N2CCC(NS(=O)(=O)c3ccccc3)CC2)c2cnn(-c3cccc(Cl)c3)c2n1. The Morgan fingerprint density at radius 2 is 1.79 bits per heavy atom. The van der Waals surface area contributed by atoms with Crippen molar-refractivity contribution in [2.24, 2.45) is 0 Å². The predicted molar refractivity (Wildman–Crippen MR) is 128 cm³/mol. The van der Waals surface area contributed by atoms with Crippen LogP contribution in [0, 0.1) is 6.92 Å². The van der Waals surface area contributed by atoms with Gasteiger partial charge < -0.3 is 4.90 Å². The van der Waals surface area contributed by atoms with Crippen molar-refractivity contribution in [1.82, 2.24) is 24.5 Å². The van der Waals surface area contributed by atoms with Crippen LogP contribution in [0.4, 0.5) is 5.82 Å². The van der Waals surface area contributed by atoms with E-state index in [4.69, 9.17) is 16.6 Å². The normalized spacial score (nSPS) is 15.3. The zero-order chi connectivity index (χ0) is 23.0. The Balaban J connectivity index is 1.37. The first-order valence-corrected chi connectivity index (χ1v) is 12.6. The number of benzene rings is 2. The van der Waals surface area contributed by atoms with Gasteiger partial charge in [0.25, 0.3) is 0 Å². The molecule has 2 aromatic heterocycles. The fraction of sp³-hybridized carbons (Fsp3) is 0.261. The van der Waals surface area contributed by atoms with E-state index in [0.717, 1.165) is 16.9 Å². The lowest BCUT2D eigenvalue weighted by molar-refractivity contribution is 0.459. The third-order valence-electron chi connectivity index (χ3n) is 5.74. The fourth-order valence-electron chi connectivity index (χ4n) is 4.13. The lowest BCUT2D eigenvalue weighted by atomic mass is 10.1. The summed E-state index contributed by atoms with van der Waals surface area (Å²) in [5, 5.41) is 6.02. The molecule has 0 amide bonds. The average Bonchev–Trinajstić information content (AvgIpc) is 3.23. The molecule has 8 nitrogen and oxygen atoms in total. The van der Waals surface area contributed by atoms with Crippen molar-refractivity contribution in [2.45, 2.75) is 30.7 Å². The second-order valence-corrected chi connectivity index (χ2v) is 10.2. The fourth-order valence-corrected chi connectivity index (χ4v) is 5.64. The van der Waals surface area contributed by atoms with Gasteiger partial charge in [0.05, 0.1) is 22.2 Å². The Hall–Kier alpha value is -3.01. The Labute approximate surface area is 197 Å². The molecule has 0 unspecified atom stereocenters. The standard InChI is InChI=1S/C23H23ClN6O2S/c1-16-26-22(21-15-25-30(23(21)27-16)19-7-5-6-17(24)14-19)29-12-10-18(11-13-29)28-33(31,32)20-8-3-2-4-9-20/h2-9,14-15,18,28H,10-13H2,1H3. The number of aryl methyl sites for hydroxylation is 1. The summed E-state index contributed by atoms with van der Waals surface area (Å²) in [7, 11) is -3.53. The van der Waals surface area contributed by atoms with Gasteiger partial charge in [-0.1, -0.05) is 35.9 Å². The molecule has 0 bridgehead atoms. The van der Waals surface area contributed by atoms with Crippen molar-refractivity contribution < 1.29 is 8.42 Å². The summed E-state index contributed by atoms with van der Waals surface area (Å²) in [5.74, 6) is 1.46. The van der Waals surface area contributed by atoms with E-state index in [0.29, 0.717) is 42.4 Å². The van der Waals surface area contributed by atoms with E-state index in [1.807, 2.05) is 31.2 Å². The van der Waals surface area contributed by atoms with Gasteiger partial charge in [-0.05, 0) is 50.1 Å². The second-order valence-electron chi connectivity index (χ2n) is 8.06. The molecule has 5 rings (SSSR count). The topological polar surface area (TPSA) is 93.0 Å². The number of rotatable bonds is 5. The summed E-state index contributed by atoms with van der Waals surface area (Å²) in [5.41, 5.74) is 1.54. The maximum atomic E-state index is 12.7. The summed E-state index contributed by atoms with van der Waals surface area (Å²) < 4.78 is 29.9. The van der Waals surface area contributed by atoms with Gasteiger partial charge in [-0.25, -0.2) is 27.8 Å². The maximum Gasteiger partial charge on any atom is 0.240 e. The number of anilines is 1. The van der Waals surface area contributed by atoms with Crippen LogP contribution in [0.1, 0.15) is 18.7 Å². The Morgan fingerprint density at radius 1 is 1.03 bits per heavy atom. The smallest absolute Gasteiger partial charge is 0.240 e. The molecular formula is C23H23ClN6O2S. The Morgan fingerprint density at radius 3 is 2.52 bits per heavy atom. The van der Waals surface area contributed by atoms with Crippen LogP contribution in [-0.4, -0.2) is 47.3 Å². The van der Waals surface area contributed by atoms with Crippen LogP contribution >= 0.6 is 11.6 Å². The number of nitrogens with zero attached hydrogens (tertiary/aromatic N) is 5. The molecule has 4 aromatic rings. The third kappa shape index (κ3) is 4.44. The number of halogens is 1. The van der Waals surface area contributed by atoms with Crippen molar-refractivity contribution in [2.75, 3.05) is 18.0 Å². The number of piperidine rings is 1. The van der Waals surface area contributed by atoms with E-state index < -0.39 is 10.0 Å². The van der Waals surface area contributed by atoms with Gasteiger partial charge >= 0.3 is 0 Å². The Bertz CT molecular complexity index is 1400. The summed E-state index contributed by atoms with van der Waals surface area (Å²) in [6.07, 6.45) is 3.13. The first kappa shape index (κ1) is 21.8. The molecule has 0 aliphatic carbocycles. The number of nitrogens with one attached hydrogen (secondary N) is 1. The quantitative estimate of drug-likeness (QED) is 0.466. The Kier molecular flexibility index (Phi) is 5.77. The minimum Gasteiger partial charge on any atom is -0.356 e. The molecule has 1 aliphatic heterocycles. The number of fused-ring (bicyclic) bond motifs is 1. The molecular weight excluding hydrogens is 460 g/mol. The summed E-state index contributed by atoms with van der Waals surface area (Å²) in [4.78, 5) is 11.8. The second kappa shape index (κ2) is 8.74. The largest absolute Gasteiger partial charge is 0.356 e. The number of aromatic nitrogens is 4. The molecule has 10 heteroatoms. The lowest BCUT2D eigenvalue weighted by Crippen LogP contribution is -2.45. The average molecular weight is 483 g/mol. The van der Waals surface area contributed by atoms with Crippen molar-refractivity contribution in [3.8, 4) is 5.69 Å². The molecule has 0 radical (unpaired) electrons. The van der Waals surface area contributed by atoms with E-state index >= 15 is 0 Å². The van der Waals surface area contributed by atoms with Crippen LogP contribution in [0.2, 0.25) is 5.02 Å². The first-order chi connectivity index (χ1) is 15.9. The van der Waals surface area contributed by atoms with Gasteiger partial charge in [0, 0.05) is 24.2 Å². The highest BCUT2D eigenvalue weighted by atomic mass is 35.5. The molecule has 1 N–H and O–H groups in total. The molecule has 1 saturated heterocycles. The summed E-state index contributed by atoms with van der Waals surface area (Å²) in [6.45, 7) is 3.21. The van der Waals surface area contributed by atoms with Crippen LogP contribution in [-0.2, 0) is 10.0 Å². The van der Waals surface area contributed by atoms with Crippen LogP contribution < -0.4 is 9.62 Å². The van der Waals surface area contributed by atoms with E-state index in [1.54, 1.807) is 41.2 Å². The summed E-state index contributed by atoms with van der Waals surface area (Å²) in [6, 6.07) is 15.8. The highest BCUT2D eigenvalue weighted by Gasteiger charge is 2.27. The van der Waals surface area contributed by atoms with Crippen molar-refractivity contribution in [1.29, 1.82) is 0 Å². The number of hydrogen-bond acceptors (Lipinski definition) is 6. The molecule has 0 atom stereocenters. The van der Waals surface area contributed by atoms with Crippen molar-refractivity contribution in [3.63, 3.8) is 0 Å².